The van der Waals surface area contributed by atoms with Crippen LogP contribution in [0.2, 0.25) is 0 Å². The van der Waals surface area contributed by atoms with Crippen molar-refractivity contribution in [3.63, 3.8) is 0 Å². The summed E-state index contributed by atoms with van der Waals surface area (Å²) in [5, 5.41) is 0. The van der Waals surface area contributed by atoms with Crippen LogP contribution in [0.1, 0.15) is 25.8 Å². The van der Waals surface area contributed by atoms with Crippen LogP contribution >= 0.6 is 12.4 Å². The van der Waals surface area contributed by atoms with Crippen LogP contribution in [0.5, 0.6) is 17.2 Å². The number of hydrogen-bond donors (Lipinski definition) is 1. The van der Waals surface area contributed by atoms with Gasteiger partial charge in [0, 0.05) is 12.1 Å². The van der Waals surface area contributed by atoms with Crippen LogP contribution in [-0.4, -0.2) is 26.9 Å². The van der Waals surface area contributed by atoms with Crippen molar-refractivity contribution < 1.29 is 14.2 Å². The summed E-state index contributed by atoms with van der Waals surface area (Å²) in [6.45, 7) is 4.60. The molecule has 1 aromatic rings. The van der Waals surface area contributed by atoms with Gasteiger partial charge in [-0.15, -0.1) is 12.4 Å². The Balaban J connectivity index is 0.00000324. The average Bonchev–Trinajstić information content (AvgIpc) is 2.39. The topological polar surface area (TPSA) is 53.7 Å². The van der Waals surface area contributed by atoms with Gasteiger partial charge in [-0.1, -0.05) is 6.92 Å². The van der Waals surface area contributed by atoms with E-state index in [4.69, 9.17) is 19.9 Å². The Labute approximate surface area is 121 Å². The molecule has 0 saturated heterocycles. The molecular weight excluding hydrogens is 266 g/mol. The highest BCUT2D eigenvalue weighted by molar-refractivity contribution is 5.85. The minimum absolute atomic E-state index is 0. The smallest absolute Gasteiger partial charge is 0.164 e. The normalized spacial score (nSPS) is 11.4. The second-order valence-corrected chi connectivity index (χ2v) is 4.12. The first kappa shape index (κ1) is 17.9. The van der Waals surface area contributed by atoms with Crippen molar-refractivity contribution in [3.05, 3.63) is 17.7 Å². The number of hydrogen-bond acceptors (Lipinski definition) is 4. The summed E-state index contributed by atoms with van der Waals surface area (Å²) in [5.74, 6) is 2.21. The van der Waals surface area contributed by atoms with Gasteiger partial charge >= 0.3 is 0 Å². The predicted molar refractivity (Wildman–Crippen MR) is 79.9 cm³/mol. The van der Waals surface area contributed by atoms with Crippen molar-refractivity contribution in [1.82, 2.24) is 0 Å². The second-order valence-electron chi connectivity index (χ2n) is 4.12. The molecule has 2 N–H and O–H groups in total. The Morgan fingerprint density at radius 2 is 1.68 bits per heavy atom. The van der Waals surface area contributed by atoms with E-state index in [9.17, 15) is 0 Å². The molecule has 0 aromatic heterocycles. The van der Waals surface area contributed by atoms with Gasteiger partial charge in [0.25, 0.3) is 0 Å². The molecule has 0 amide bonds. The highest BCUT2D eigenvalue weighted by Crippen LogP contribution is 2.35. The zero-order valence-corrected chi connectivity index (χ0v) is 12.9. The van der Waals surface area contributed by atoms with E-state index in [0.717, 1.165) is 29.9 Å². The van der Waals surface area contributed by atoms with Crippen LogP contribution in [0.3, 0.4) is 0 Å². The summed E-state index contributed by atoms with van der Waals surface area (Å²) < 4.78 is 16.2. The molecule has 19 heavy (non-hydrogen) atoms. The van der Waals surface area contributed by atoms with Crippen molar-refractivity contribution in [1.29, 1.82) is 0 Å². The zero-order valence-electron chi connectivity index (χ0n) is 12.1. The second kappa shape index (κ2) is 8.88. The lowest BCUT2D eigenvalue weighted by atomic mass is 10.0. The van der Waals surface area contributed by atoms with E-state index in [0.29, 0.717) is 12.4 Å². The first-order chi connectivity index (χ1) is 8.65. The molecule has 1 atom stereocenters. The third-order valence-corrected chi connectivity index (χ3v) is 2.87. The number of halogens is 1. The summed E-state index contributed by atoms with van der Waals surface area (Å²) in [7, 11) is 3.28. The van der Waals surface area contributed by atoms with Crippen LogP contribution < -0.4 is 19.9 Å². The molecule has 110 valence electrons. The highest BCUT2D eigenvalue weighted by Gasteiger charge is 2.14. The number of rotatable bonds is 7. The monoisotopic (exact) mass is 289 g/mol. The average molecular weight is 290 g/mol. The largest absolute Gasteiger partial charge is 0.496 e. The van der Waals surface area contributed by atoms with E-state index in [1.54, 1.807) is 14.2 Å². The quantitative estimate of drug-likeness (QED) is 0.839. The van der Waals surface area contributed by atoms with Crippen molar-refractivity contribution in [2.75, 3.05) is 20.8 Å². The van der Waals surface area contributed by atoms with E-state index in [1.807, 2.05) is 19.1 Å². The molecule has 1 unspecified atom stereocenters. The minimum atomic E-state index is 0. The summed E-state index contributed by atoms with van der Waals surface area (Å²) in [6.07, 6.45) is 1.70. The Hall–Kier alpha value is -1.13. The van der Waals surface area contributed by atoms with Crippen LogP contribution in [0.4, 0.5) is 0 Å². The molecule has 0 bridgehead atoms. The first-order valence-corrected chi connectivity index (χ1v) is 6.29. The molecule has 0 spiro atoms. The van der Waals surface area contributed by atoms with Gasteiger partial charge in [-0.2, -0.15) is 0 Å². The van der Waals surface area contributed by atoms with Crippen molar-refractivity contribution in [2.45, 2.75) is 32.7 Å². The lowest BCUT2D eigenvalue weighted by molar-refractivity contribution is 0.307. The molecule has 0 radical (unpaired) electrons. The summed E-state index contributed by atoms with van der Waals surface area (Å²) >= 11 is 0. The third kappa shape index (κ3) is 4.80. The van der Waals surface area contributed by atoms with E-state index in [-0.39, 0.29) is 18.4 Å². The third-order valence-electron chi connectivity index (χ3n) is 2.87. The van der Waals surface area contributed by atoms with Gasteiger partial charge in [-0.3, -0.25) is 0 Å². The van der Waals surface area contributed by atoms with Gasteiger partial charge in [0.05, 0.1) is 20.8 Å². The summed E-state index contributed by atoms with van der Waals surface area (Å²) in [5.41, 5.74) is 7.04. The van der Waals surface area contributed by atoms with E-state index in [1.165, 1.54) is 0 Å². The number of nitrogens with two attached hydrogens (primary N) is 1. The fourth-order valence-corrected chi connectivity index (χ4v) is 1.79. The van der Waals surface area contributed by atoms with Gasteiger partial charge in [0.1, 0.15) is 5.75 Å². The fraction of sp³-hybridized carbons (Fsp3) is 0.571. The molecule has 0 heterocycles. The van der Waals surface area contributed by atoms with Crippen molar-refractivity contribution >= 4 is 12.4 Å². The Morgan fingerprint density at radius 3 is 2.16 bits per heavy atom. The minimum Gasteiger partial charge on any atom is -0.496 e. The fourth-order valence-electron chi connectivity index (χ4n) is 1.79. The van der Waals surface area contributed by atoms with Gasteiger partial charge < -0.3 is 19.9 Å². The lowest BCUT2D eigenvalue weighted by Gasteiger charge is -2.16. The molecule has 0 aliphatic heterocycles. The summed E-state index contributed by atoms with van der Waals surface area (Å²) in [4.78, 5) is 0. The molecule has 0 fully saturated rings. The lowest BCUT2D eigenvalue weighted by Crippen LogP contribution is -2.21. The zero-order chi connectivity index (χ0) is 13.5. The first-order valence-electron chi connectivity index (χ1n) is 6.29. The van der Waals surface area contributed by atoms with E-state index >= 15 is 0 Å². The number of benzene rings is 1. The maximum absolute atomic E-state index is 5.99. The molecular formula is C14H24ClNO3. The molecule has 1 aromatic carbocycles. The molecule has 1 rings (SSSR count). The van der Waals surface area contributed by atoms with Gasteiger partial charge in [-0.25, -0.2) is 0 Å². The maximum atomic E-state index is 5.99. The molecule has 4 nitrogen and oxygen atoms in total. The number of methoxy groups -OCH3 is 2. The molecule has 0 aliphatic rings. The predicted octanol–water partition coefficient (Wildman–Crippen LogP) is 2.80. The van der Waals surface area contributed by atoms with E-state index in [2.05, 4.69) is 6.92 Å². The van der Waals surface area contributed by atoms with Crippen LogP contribution in [0.15, 0.2) is 12.1 Å². The molecule has 5 heteroatoms. The SMILES string of the molecule is CCOc1cc(OC)c(CC(N)CC)cc1OC.Cl. The van der Waals surface area contributed by atoms with Crippen LogP contribution in [0.25, 0.3) is 0 Å². The van der Waals surface area contributed by atoms with Crippen LogP contribution in [0, 0.1) is 0 Å². The Morgan fingerprint density at radius 1 is 1.05 bits per heavy atom. The van der Waals surface area contributed by atoms with Gasteiger partial charge in [0.2, 0.25) is 0 Å². The molecule has 0 saturated carbocycles. The standard InChI is InChI=1S/C14H23NO3.ClH/c1-5-11(15)7-10-8-13(17-4)14(18-6-2)9-12(10)16-3;/h8-9,11H,5-7,15H2,1-4H3;1H. The van der Waals surface area contributed by atoms with Gasteiger partial charge in [-0.05, 0) is 31.4 Å². The van der Waals surface area contributed by atoms with Crippen LogP contribution in [-0.2, 0) is 6.42 Å². The Bertz CT molecular complexity index is 385. The maximum Gasteiger partial charge on any atom is 0.164 e. The number of ether oxygens (including phenoxy) is 3. The highest BCUT2D eigenvalue weighted by atomic mass is 35.5. The van der Waals surface area contributed by atoms with Crippen molar-refractivity contribution in [2.24, 2.45) is 5.73 Å². The van der Waals surface area contributed by atoms with Crippen molar-refractivity contribution in [3.8, 4) is 17.2 Å². The Kier molecular flexibility index (Phi) is 8.35. The van der Waals surface area contributed by atoms with E-state index < -0.39 is 0 Å². The van der Waals surface area contributed by atoms with Gasteiger partial charge in [0.15, 0.2) is 11.5 Å². The summed E-state index contributed by atoms with van der Waals surface area (Å²) in [6, 6.07) is 3.93. The molecule has 0 aliphatic carbocycles.